The molecule has 0 atom stereocenters. The maximum Gasteiger partial charge on any atom is 0.254 e. The minimum absolute atomic E-state index is 0.00836. The number of carbonyl (C=O) groups is 2. The number of benzene rings is 1. The lowest BCUT2D eigenvalue weighted by Crippen LogP contribution is -2.44. The number of amides is 1. The molecule has 3 rings (SSSR count). The molecular weight excluding hydrogens is 397 g/mol. The molecule has 2 fully saturated rings. The van der Waals surface area contributed by atoms with Gasteiger partial charge < -0.3 is 4.90 Å². The van der Waals surface area contributed by atoms with Crippen LogP contribution < -0.4 is 0 Å². The quantitative estimate of drug-likeness (QED) is 0.382. The van der Waals surface area contributed by atoms with Crippen LogP contribution in [0.15, 0.2) is 24.8 Å². The highest BCUT2D eigenvalue weighted by atomic mass is 79.9. The molecular formula is C21H25BrFNO2. The van der Waals surface area contributed by atoms with Gasteiger partial charge in [0, 0.05) is 37.1 Å². The number of halogens is 2. The first-order chi connectivity index (χ1) is 12.4. The van der Waals surface area contributed by atoms with Gasteiger partial charge in [0.1, 0.15) is 5.67 Å². The lowest BCUT2D eigenvalue weighted by atomic mass is 9.76. The first-order valence-corrected chi connectivity index (χ1v) is 10.4. The van der Waals surface area contributed by atoms with Gasteiger partial charge in [-0.2, -0.15) is 0 Å². The van der Waals surface area contributed by atoms with E-state index in [4.69, 9.17) is 0 Å². The summed E-state index contributed by atoms with van der Waals surface area (Å²) in [7, 11) is 0. The van der Waals surface area contributed by atoms with Gasteiger partial charge in [0.15, 0.2) is 5.78 Å². The maximum absolute atomic E-state index is 14.3. The van der Waals surface area contributed by atoms with Crippen LogP contribution in [0.4, 0.5) is 4.39 Å². The number of nitrogens with zero attached hydrogens (tertiary/aromatic N) is 1. The number of ketones is 1. The molecule has 3 nitrogen and oxygen atoms in total. The zero-order valence-corrected chi connectivity index (χ0v) is 16.8. The second kappa shape index (κ2) is 7.63. The summed E-state index contributed by atoms with van der Waals surface area (Å²) in [5.74, 6) is 0.317. The van der Waals surface area contributed by atoms with Crippen LogP contribution in [0, 0.1) is 6.92 Å². The Kier molecular flexibility index (Phi) is 5.66. The zero-order valence-electron chi connectivity index (χ0n) is 15.2. The maximum atomic E-state index is 14.3. The minimum Gasteiger partial charge on any atom is -0.338 e. The Morgan fingerprint density at radius 1 is 1.31 bits per heavy atom. The molecule has 0 bridgehead atoms. The van der Waals surface area contributed by atoms with Crippen molar-refractivity contribution in [2.24, 2.45) is 0 Å². The van der Waals surface area contributed by atoms with Gasteiger partial charge in [0.05, 0.1) is 5.33 Å². The van der Waals surface area contributed by atoms with Gasteiger partial charge in [-0.15, -0.1) is 0 Å². The Hall–Kier alpha value is -1.49. The summed E-state index contributed by atoms with van der Waals surface area (Å²) in [5, 5.41) is 0.247. The molecule has 1 amide bonds. The van der Waals surface area contributed by atoms with Crippen LogP contribution in [0.5, 0.6) is 0 Å². The van der Waals surface area contributed by atoms with E-state index in [1.165, 1.54) is 12.5 Å². The summed E-state index contributed by atoms with van der Waals surface area (Å²) >= 11 is 3.26. The molecule has 2 aliphatic rings. The van der Waals surface area contributed by atoms with Crippen molar-refractivity contribution < 1.29 is 14.0 Å². The number of hydrogen-bond acceptors (Lipinski definition) is 2. The molecule has 0 radical (unpaired) electrons. The van der Waals surface area contributed by atoms with E-state index in [1.54, 1.807) is 11.0 Å². The molecule has 140 valence electrons. The fourth-order valence-corrected chi connectivity index (χ4v) is 4.09. The number of carbonyl (C=O) groups excluding carboxylic acids is 2. The number of piperidine rings is 1. The molecule has 1 aromatic rings. The summed E-state index contributed by atoms with van der Waals surface area (Å²) < 4.78 is 14.3. The van der Waals surface area contributed by atoms with Crippen LogP contribution >= 0.6 is 15.9 Å². The lowest BCUT2D eigenvalue weighted by molar-refractivity contribution is 0.0574. The fraction of sp³-hybridized carbons (Fsp3) is 0.524. The summed E-state index contributed by atoms with van der Waals surface area (Å²) in [4.78, 5) is 27.1. The number of likely N-dealkylation sites (tertiary alicyclic amines) is 1. The number of allylic oxidation sites excluding steroid dienone is 1. The fourth-order valence-electron chi connectivity index (χ4n) is 3.79. The predicted molar refractivity (Wildman–Crippen MR) is 105 cm³/mol. The van der Waals surface area contributed by atoms with E-state index in [1.807, 2.05) is 13.0 Å². The van der Waals surface area contributed by atoms with Crippen molar-refractivity contribution >= 4 is 27.6 Å². The Morgan fingerprint density at radius 3 is 2.46 bits per heavy atom. The average molecular weight is 422 g/mol. The van der Waals surface area contributed by atoms with Gasteiger partial charge in [-0.05, 0) is 42.9 Å². The molecule has 0 N–H and O–H groups in total. The third-order valence-electron chi connectivity index (χ3n) is 5.84. The minimum atomic E-state index is -1.38. The largest absolute Gasteiger partial charge is 0.338 e. The van der Waals surface area contributed by atoms with E-state index in [-0.39, 0.29) is 29.9 Å². The first kappa shape index (κ1) is 19.3. The van der Waals surface area contributed by atoms with Crippen molar-refractivity contribution in [1.29, 1.82) is 0 Å². The second-order valence-corrected chi connectivity index (χ2v) is 8.03. The highest BCUT2D eigenvalue weighted by molar-refractivity contribution is 9.09. The molecule has 1 saturated carbocycles. The Labute approximate surface area is 162 Å². The summed E-state index contributed by atoms with van der Waals surface area (Å²) in [5.41, 5.74) is 1.80. The van der Waals surface area contributed by atoms with Crippen LogP contribution in [-0.4, -0.2) is 40.7 Å². The molecule has 1 aliphatic heterocycles. The summed E-state index contributed by atoms with van der Waals surface area (Å²) in [6, 6.07) is 3.78. The number of Topliss-reactive ketones (excluding diaryl/α,β-unsaturated/α-hetero) is 1. The van der Waals surface area contributed by atoms with Crippen molar-refractivity contribution in [2.45, 2.75) is 50.6 Å². The van der Waals surface area contributed by atoms with Crippen molar-refractivity contribution in [3.05, 3.63) is 47.0 Å². The molecule has 0 aromatic heterocycles. The molecule has 0 unspecified atom stereocenters. The normalized spacial score (nSPS) is 19.7. The SMILES string of the molecule is C=CC1(F)CCN(C(=O)c2cc(C(=O)CBr)c(C3CCC3)cc2C)CC1. The molecule has 1 heterocycles. The van der Waals surface area contributed by atoms with Crippen molar-refractivity contribution in [3.63, 3.8) is 0 Å². The topological polar surface area (TPSA) is 37.4 Å². The second-order valence-electron chi connectivity index (χ2n) is 7.47. The summed E-state index contributed by atoms with van der Waals surface area (Å²) in [6.45, 7) is 6.22. The highest BCUT2D eigenvalue weighted by Gasteiger charge is 2.34. The molecule has 1 aliphatic carbocycles. The first-order valence-electron chi connectivity index (χ1n) is 9.24. The third kappa shape index (κ3) is 3.64. The van der Waals surface area contributed by atoms with E-state index >= 15 is 0 Å². The van der Waals surface area contributed by atoms with Crippen molar-refractivity contribution in [1.82, 2.24) is 4.90 Å². The molecule has 0 spiro atoms. The number of hydrogen-bond donors (Lipinski definition) is 0. The molecule has 5 heteroatoms. The average Bonchev–Trinajstić information content (AvgIpc) is 2.60. The standard InChI is InChI=1S/C21H25BrFNO2/c1-3-21(23)7-9-24(10-8-21)20(26)16-12-18(19(25)13-22)17(11-14(16)2)15-5-4-6-15/h3,11-12,15H,1,4-10,13H2,2H3. The molecule has 1 saturated heterocycles. The van der Waals surface area contributed by atoms with Gasteiger partial charge in [-0.3, -0.25) is 9.59 Å². The zero-order chi connectivity index (χ0) is 18.9. The van der Waals surface area contributed by atoms with E-state index in [0.717, 1.165) is 24.0 Å². The third-order valence-corrected chi connectivity index (χ3v) is 6.35. The predicted octanol–water partition coefficient (Wildman–Crippen LogP) is 4.97. The van der Waals surface area contributed by atoms with Crippen LogP contribution in [-0.2, 0) is 0 Å². The van der Waals surface area contributed by atoms with Crippen LogP contribution in [0.3, 0.4) is 0 Å². The number of aryl methyl sites for hydroxylation is 1. The van der Waals surface area contributed by atoms with E-state index in [0.29, 0.717) is 30.1 Å². The van der Waals surface area contributed by atoms with Crippen molar-refractivity contribution in [3.8, 4) is 0 Å². The van der Waals surface area contributed by atoms with Gasteiger partial charge >= 0.3 is 0 Å². The van der Waals surface area contributed by atoms with E-state index in [2.05, 4.69) is 22.5 Å². The Morgan fingerprint density at radius 2 is 1.96 bits per heavy atom. The van der Waals surface area contributed by atoms with E-state index < -0.39 is 5.67 Å². The van der Waals surface area contributed by atoms with Gasteiger partial charge in [-0.25, -0.2) is 4.39 Å². The smallest absolute Gasteiger partial charge is 0.254 e. The highest BCUT2D eigenvalue weighted by Crippen LogP contribution is 2.39. The molecule has 1 aromatic carbocycles. The van der Waals surface area contributed by atoms with Crippen LogP contribution in [0.2, 0.25) is 0 Å². The lowest BCUT2D eigenvalue weighted by Gasteiger charge is -2.35. The van der Waals surface area contributed by atoms with Gasteiger partial charge in [0.2, 0.25) is 0 Å². The van der Waals surface area contributed by atoms with Crippen LogP contribution in [0.25, 0.3) is 0 Å². The molecule has 26 heavy (non-hydrogen) atoms. The van der Waals surface area contributed by atoms with Gasteiger partial charge in [-0.1, -0.05) is 41.1 Å². The monoisotopic (exact) mass is 421 g/mol. The Bertz CT molecular complexity index is 734. The number of rotatable bonds is 5. The number of alkyl halides is 2. The Balaban J connectivity index is 1.88. The van der Waals surface area contributed by atoms with Crippen LogP contribution in [0.1, 0.15) is 69.9 Å². The van der Waals surface area contributed by atoms with Crippen molar-refractivity contribution in [2.75, 3.05) is 18.4 Å². The van der Waals surface area contributed by atoms with Gasteiger partial charge in [0.25, 0.3) is 5.91 Å². The van der Waals surface area contributed by atoms with E-state index in [9.17, 15) is 14.0 Å². The summed E-state index contributed by atoms with van der Waals surface area (Å²) in [6.07, 6.45) is 5.28.